The number of nitrogens with zero attached hydrogens (tertiary/aromatic N) is 2. The lowest BCUT2D eigenvalue weighted by atomic mass is 9.97. The van der Waals surface area contributed by atoms with E-state index in [1.165, 1.54) is 62.0 Å². The number of ketones is 2. The number of carbonyl (C=O) groups excluding carboxylic acids is 7. The Balaban J connectivity index is 1.14. The number of Topliss-reactive ketones (excluding diaryl/α,β-unsaturated/α-hetero) is 2. The van der Waals surface area contributed by atoms with Crippen molar-refractivity contribution < 1.29 is 47.8 Å². The van der Waals surface area contributed by atoms with E-state index in [-0.39, 0.29) is 73.7 Å². The lowest BCUT2D eigenvalue weighted by Gasteiger charge is -2.20. The van der Waals surface area contributed by atoms with Gasteiger partial charge in [0, 0.05) is 85.4 Å². The standard InChI is InChI=1S/C67H83N7O10S/c1-40(26-52-20-14-12-18-42(52)3)36-69-57-34-59(44(5)28-55(57)48(9)75)83-38-50-30-51(39-84-61-35-58(56(49(10)76)33-60(61)82-11)70-37-41(2)27-53-21-15-13-19-43(53)4)32-54(31-50)73-66(80)47(8)72-65(79)46(7)71-64(78)23-17-16-22-63(77)68-24-25-74-45(6)29-62(85)67(74)81/h12-15,18-21,28,30-35,37,40-41,46-47,62,69,85H,6,16-17,22-27,29,36,38-39H2,1-5,7-11H3,(H,68,77)(H,71,78)(H,72,79)(H,73,80)/t40-,41-,46-,47-,62?/m0/s1. The fourth-order valence-electron chi connectivity index (χ4n) is 9.86. The molecule has 1 aliphatic heterocycles. The van der Waals surface area contributed by atoms with Gasteiger partial charge in [-0.05, 0) is 155 Å². The molecule has 0 aromatic heterocycles. The van der Waals surface area contributed by atoms with Crippen LogP contribution in [0.3, 0.4) is 0 Å². The zero-order valence-corrected chi connectivity index (χ0v) is 51.6. The first-order valence-corrected chi connectivity index (χ1v) is 29.5. The van der Waals surface area contributed by atoms with Gasteiger partial charge in [0.15, 0.2) is 23.1 Å². The average molecular weight is 1180 g/mol. The number of ether oxygens (including phenoxy) is 3. The van der Waals surface area contributed by atoms with Crippen LogP contribution in [0.25, 0.3) is 0 Å². The Morgan fingerprint density at radius 1 is 0.718 bits per heavy atom. The molecule has 0 bridgehead atoms. The number of aliphatic imine (C=N–C) groups is 1. The number of carbonyl (C=O) groups is 7. The van der Waals surface area contributed by atoms with Gasteiger partial charge < -0.3 is 45.7 Å². The van der Waals surface area contributed by atoms with Crippen LogP contribution < -0.4 is 40.8 Å². The maximum atomic E-state index is 13.9. The zero-order chi connectivity index (χ0) is 61.9. The number of amides is 5. The highest BCUT2D eigenvalue weighted by Crippen LogP contribution is 2.37. The molecular formula is C67H83N7O10S. The molecule has 0 saturated carbocycles. The molecular weight excluding hydrogens is 1090 g/mol. The van der Waals surface area contributed by atoms with Crippen molar-refractivity contribution >= 4 is 77.0 Å². The number of nitrogens with one attached hydrogen (secondary N) is 5. The summed E-state index contributed by atoms with van der Waals surface area (Å²) in [5.41, 5.74) is 9.96. The molecule has 0 aliphatic carbocycles. The summed E-state index contributed by atoms with van der Waals surface area (Å²) in [7, 11) is 1.49. The van der Waals surface area contributed by atoms with Crippen molar-refractivity contribution in [2.24, 2.45) is 16.8 Å². The van der Waals surface area contributed by atoms with Gasteiger partial charge in [0.2, 0.25) is 29.5 Å². The number of likely N-dealkylation sites (tertiary alicyclic amines) is 1. The number of thiol groups is 1. The molecule has 1 heterocycles. The first-order chi connectivity index (χ1) is 40.5. The fraction of sp³-hybridized carbons (Fsp3) is 0.403. The van der Waals surface area contributed by atoms with Crippen molar-refractivity contribution in [3.05, 3.63) is 153 Å². The maximum Gasteiger partial charge on any atom is 0.246 e. The third-order valence-electron chi connectivity index (χ3n) is 14.8. The molecule has 18 heteroatoms. The second-order valence-corrected chi connectivity index (χ2v) is 22.9. The second kappa shape index (κ2) is 31.6. The Kier molecular flexibility index (Phi) is 24.5. The summed E-state index contributed by atoms with van der Waals surface area (Å²) in [6.45, 7) is 21.5. The Hall–Kier alpha value is -8.25. The second-order valence-electron chi connectivity index (χ2n) is 22.3. The molecule has 1 aliphatic rings. The molecule has 1 saturated heterocycles. The Labute approximate surface area is 505 Å². The summed E-state index contributed by atoms with van der Waals surface area (Å²) in [5.74, 6) is -0.621. The fourth-order valence-corrected chi connectivity index (χ4v) is 10.2. The molecule has 0 spiro atoms. The van der Waals surface area contributed by atoms with E-state index in [1.54, 1.807) is 24.3 Å². The van der Waals surface area contributed by atoms with Crippen molar-refractivity contribution in [1.29, 1.82) is 0 Å². The quantitative estimate of drug-likeness (QED) is 0.0106. The minimum atomic E-state index is -1.04. The highest BCUT2D eigenvalue weighted by Gasteiger charge is 2.32. The molecule has 1 fully saturated rings. The van der Waals surface area contributed by atoms with Crippen molar-refractivity contribution in [3.8, 4) is 17.2 Å². The van der Waals surface area contributed by atoms with Gasteiger partial charge in [-0.3, -0.25) is 38.6 Å². The first-order valence-electron chi connectivity index (χ1n) is 29.0. The third kappa shape index (κ3) is 19.7. The number of hydrogen-bond donors (Lipinski definition) is 6. The maximum absolute atomic E-state index is 13.9. The number of benzene rings is 5. The molecule has 6 rings (SSSR count). The number of rotatable bonds is 31. The van der Waals surface area contributed by atoms with Gasteiger partial charge in [-0.15, -0.1) is 0 Å². The van der Waals surface area contributed by atoms with Crippen LogP contribution in [-0.4, -0.2) is 96.3 Å². The summed E-state index contributed by atoms with van der Waals surface area (Å²) in [5, 5.41) is 14.2. The van der Waals surface area contributed by atoms with Crippen molar-refractivity contribution in [1.82, 2.24) is 20.9 Å². The molecule has 0 radical (unpaired) electrons. The van der Waals surface area contributed by atoms with Crippen LogP contribution in [0.4, 0.5) is 17.1 Å². The van der Waals surface area contributed by atoms with Gasteiger partial charge in [-0.2, -0.15) is 12.6 Å². The van der Waals surface area contributed by atoms with E-state index < -0.39 is 29.1 Å². The lowest BCUT2D eigenvalue weighted by molar-refractivity contribution is -0.130. The predicted octanol–water partition coefficient (Wildman–Crippen LogP) is 10.7. The van der Waals surface area contributed by atoms with Gasteiger partial charge >= 0.3 is 0 Å². The van der Waals surface area contributed by atoms with Crippen LogP contribution in [0.5, 0.6) is 17.2 Å². The van der Waals surface area contributed by atoms with Gasteiger partial charge in [-0.25, -0.2) is 0 Å². The van der Waals surface area contributed by atoms with Crippen molar-refractivity contribution in [2.45, 2.75) is 138 Å². The SMILES string of the molecule is C=C1CC(S)C(=O)N1CCNC(=O)CCCCC(=O)N[C@@H](C)C(=O)N[C@@H](C)C(=O)Nc1cc(COc2cc(NC[C@@H](C)Cc3ccccc3C)c(C(C)=O)cc2C)cc(COc2cc(N=C[C@@H](C)Cc3ccccc3C)c(C(C)=O)cc2OC)c1. The van der Waals surface area contributed by atoms with E-state index >= 15 is 0 Å². The van der Waals surface area contributed by atoms with E-state index in [1.807, 2.05) is 55.6 Å². The highest BCUT2D eigenvalue weighted by atomic mass is 32.1. The highest BCUT2D eigenvalue weighted by molar-refractivity contribution is 7.81. The summed E-state index contributed by atoms with van der Waals surface area (Å²) in [6, 6.07) is 26.8. The molecule has 85 heavy (non-hydrogen) atoms. The largest absolute Gasteiger partial charge is 0.493 e. The van der Waals surface area contributed by atoms with Crippen LogP contribution in [-0.2, 0) is 50.0 Å². The van der Waals surface area contributed by atoms with Crippen LogP contribution in [0.1, 0.15) is 133 Å². The van der Waals surface area contributed by atoms with Crippen molar-refractivity contribution in [2.75, 3.05) is 37.4 Å². The number of hydrogen-bond acceptors (Lipinski definition) is 13. The Morgan fingerprint density at radius 2 is 1.32 bits per heavy atom. The number of methoxy groups -OCH3 is 1. The molecule has 452 valence electrons. The summed E-state index contributed by atoms with van der Waals surface area (Å²) in [6.07, 6.45) is 5.02. The molecule has 5 atom stereocenters. The van der Waals surface area contributed by atoms with Crippen LogP contribution in [0, 0.1) is 32.6 Å². The molecule has 5 aromatic carbocycles. The van der Waals surface area contributed by atoms with Crippen LogP contribution >= 0.6 is 12.6 Å². The minimum Gasteiger partial charge on any atom is -0.493 e. The van der Waals surface area contributed by atoms with E-state index in [4.69, 9.17) is 19.2 Å². The lowest BCUT2D eigenvalue weighted by Crippen LogP contribution is -2.50. The van der Waals surface area contributed by atoms with E-state index in [0.29, 0.717) is 94.6 Å². The monoisotopic (exact) mass is 1180 g/mol. The van der Waals surface area contributed by atoms with Gasteiger partial charge in [0.1, 0.15) is 31.0 Å². The number of aryl methyl sites for hydroxylation is 3. The van der Waals surface area contributed by atoms with E-state index in [9.17, 15) is 33.6 Å². The Morgan fingerprint density at radius 3 is 1.92 bits per heavy atom. The normalized spacial score (nSPS) is 14.5. The summed E-state index contributed by atoms with van der Waals surface area (Å²) < 4.78 is 18.7. The van der Waals surface area contributed by atoms with Crippen LogP contribution in [0.2, 0.25) is 0 Å². The van der Waals surface area contributed by atoms with Gasteiger partial charge in [0.25, 0.3) is 0 Å². The smallest absolute Gasteiger partial charge is 0.246 e. The molecule has 5 amide bonds. The number of anilines is 2. The van der Waals surface area contributed by atoms with Crippen molar-refractivity contribution in [3.63, 3.8) is 0 Å². The van der Waals surface area contributed by atoms with Crippen LogP contribution in [0.15, 0.2) is 108 Å². The molecule has 17 nitrogen and oxygen atoms in total. The Bertz CT molecular complexity index is 3290. The molecule has 1 unspecified atom stereocenters. The zero-order valence-electron chi connectivity index (χ0n) is 50.7. The number of allylic oxidation sites excluding steroid dienone is 1. The number of unbranched alkanes of at least 4 members (excludes halogenated alkanes) is 1. The summed E-state index contributed by atoms with van der Waals surface area (Å²) in [4.78, 5) is 96.9. The molecule has 5 aromatic rings. The minimum absolute atomic E-state index is 0.0206. The van der Waals surface area contributed by atoms with E-state index in [2.05, 4.69) is 97.8 Å². The van der Waals surface area contributed by atoms with Gasteiger partial charge in [0.05, 0.1) is 18.0 Å². The average Bonchev–Trinajstić information content (AvgIpc) is 3.77. The first kappa shape index (κ1) is 65.9. The predicted molar refractivity (Wildman–Crippen MR) is 338 cm³/mol. The van der Waals surface area contributed by atoms with Gasteiger partial charge in [-0.1, -0.05) is 69.0 Å². The van der Waals surface area contributed by atoms with E-state index in [0.717, 1.165) is 18.4 Å². The third-order valence-corrected chi connectivity index (χ3v) is 15.2. The topological polar surface area (TPSA) is 223 Å². The molecule has 5 N–H and O–H groups in total. The summed E-state index contributed by atoms with van der Waals surface area (Å²) >= 11 is 4.26.